The van der Waals surface area contributed by atoms with E-state index in [2.05, 4.69) is 32.3 Å². The quantitative estimate of drug-likeness (QED) is 0.862. The fraction of sp³-hybridized carbons (Fsp3) is 0.214. The van der Waals surface area contributed by atoms with Gasteiger partial charge in [0.05, 0.1) is 12.8 Å². The first kappa shape index (κ1) is 13.1. The van der Waals surface area contributed by atoms with Gasteiger partial charge in [0.15, 0.2) is 0 Å². The van der Waals surface area contributed by atoms with Crippen LogP contribution >= 0.6 is 15.9 Å². The molecule has 94 valence electrons. The standard InChI is InChI=1S/C14H15BrN2O/c1-18-13-6-2-4-11(8-13)9-16-10-12-5-3-7-14(15)17-12/h2-8,16H,9-10H2,1H3. The summed E-state index contributed by atoms with van der Waals surface area (Å²) in [4.78, 5) is 4.37. The maximum absolute atomic E-state index is 5.19. The van der Waals surface area contributed by atoms with Crippen molar-refractivity contribution in [1.82, 2.24) is 10.3 Å². The minimum atomic E-state index is 0.747. The number of aromatic nitrogens is 1. The van der Waals surface area contributed by atoms with Crippen LogP contribution in [-0.4, -0.2) is 12.1 Å². The van der Waals surface area contributed by atoms with E-state index >= 15 is 0 Å². The second-order valence-corrected chi connectivity index (χ2v) is 4.72. The molecule has 4 heteroatoms. The SMILES string of the molecule is COc1cccc(CNCc2cccc(Br)n2)c1. The van der Waals surface area contributed by atoms with Crippen LogP contribution in [0.25, 0.3) is 0 Å². The normalized spacial score (nSPS) is 10.3. The van der Waals surface area contributed by atoms with Crippen LogP contribution in [0.15, 0.2) is 47.1 Å². The molecule has 2 rings (SSSR count). The third kappa shape index (κ3) is 3.82. The number of halogens is 1. The van der Waals surface area contributed by atoms with Crippen molar-refractivity contribution >= 4 is 15.9 Å². The molecular formula is C14H15BrN2O. The lowest BCUT2D eigenvalue weighted by atomic mass is 10.2. The molecule has 1 aromatic carbocycles. The lowest BCUT2D eigenvalue weighted by Gasteiger charge is -2.06. The minimum absolute atomic E-state index is 0.747. The first-order valence-electron chi connectivity index (χ1n) is 5.73. The van der Waals surface area contributed by atoms with E-state index in [4.69, 9.17) is 4.74 Å². The second-order valence-electron chi connectivity index (χ2n) is 3.91. The Morgan fingerprint density at radius 1 is 1.17 bits per heavy atom. The van der Waals surface area contributed by atoms with Crippen LogP contribution in [0.2, 0.25) is 0 Å². The maximum Gasteiger partial charge on any atom is 0.119 e. The first-order valence-corrected chi connectivity index (χ1v) is 6.52. The molecule has 18 heavy (non-hydrogen) atoms. The van der Waals surface area contributed by atoms with E-state index in [-0.39, 0.29) is 0 Å². The highest BCUT2D eigenvalue weighted by molar-refractivity contribution is 9.10. The van der Waals surface area contributed by atoms with Crippen LogP contribution < -0.4 is 10.1 Å². The van der Waals surface area contributed by atoms with Gasteiger partial charge in [-0.05, 0) is 45.8 Å². The molecule has 0 radical (unpaired) electrons. The van der Waals surface area contributed by atoms with E-state index in [1.54, 1.807) is 7.11 Å². The molecule has 0 spiro atoms. The number of nitrogens with zero attached hydrogens (tertiary/aromatic N) is 1. The monoisotopic (exact) mass is 306 g/mol. The Kier molecular flexibility index (Phi) is 4.73. The third-order valence-corrected chi connectivity index (χ3v) is 2.98. The molecule has 0 amide bonds. The van der Waals surface area contributed by atoms with Crippen LogP contribution in [0.5, 0.6) is 5.75 Å². The Hall–Kier alpha value is -1.39. The predicted octanol–water partition coefficient (Wildman–Crippen LogP) is 3.14. The van der Waals surface area contributed by atoms with E-state index < -0.39 is 0 Å². The van der Waals surface area contributed by atoms with Gasteiger partial charge in [0.25, 0.3) is 0 Å². The van der Waals surface area contributed by atoms with Crippen LogP contribution in [0.1, 0.15) is 11.3 Å². The summed E-state index contributed by atoms with van der Waals surface area (Å²) < 4.78 is 6.05. The molecule has 0 unspecified atom stereocenters. The number of hydrogen-bond donors (Lipinski definition) is 1. The van der Waals surface area contributed by atoms with E-state index in [1.165, 1.54) is 5.56 Å². The summed E-state index contributed by atoms with van der Waals surface area (Å²) in [7, 11) is 1.68. The summed E-state index contributed by atoms with van der Waals surface area (Å²) in [5.74, 6) is 0.884. The molecule has 0 atom stereocenters. The van der Waals surface area contributed by atoms with Gasteiger partial charge in [0.1, 0.15) is 10.4 Å². The van der Waals surface area contributed by atoms with Crippen LogP contribution in [0.3, 0.4) is 0 Å². The molecule has 1 heterocycles. The van der Waals surface area contributed by atoms with Crippen LogP contribution in [-0.2, 0) is 13.1 Å². The Morgan fingerprint density at radius 2 is 2.00 bits per heavy atom. The highest BCUT2D eigenvalue weighted by Gasteiger charge is 1.98. The number of hydrogen-bond acceptors (Lipinski definition) is 3. The number of benzene rings is 1. The molecule has 2 aromatic rings. The van der Waals surface area contributed by atoms with Crippen LogP contribution in [0.4, 0.5) is 0 Å². The van der Waals surface area contributed by atoms with Gasteiger partial charge in [0.2, 0.25) is 0 Å². The number of nitrogens with one attached hydrogen (secondary N) is 1. The molecule has 0 aliphatic carbocycles. The van der Waals surface area contributed by atoms with E-state index in [1.807, 2.05) is 36.4 Å². The van der Waals surface area contributed by atoms with Crippen molar-refractivity contribution in [3.63, 3.8) is 0 Å². The summed E-state index contributed by atoms with van der Waals surface area (Å²) >= 11 is 3.36. The molecule has 0 aliphatic rings. The maximum atomic E-state index is 5.19. The number of pyridine rings is 1. The van der Waals surface area contributed by atoms with Gasteiger partial charge in [-0.3, -0.25) is 0 Å². The van der Waals surface area contributed by atoms with Gasteiger partial charge in [-0.15, -0.1) is 0 Å². The minimum Gasteiger partial charge on any atom is -0.497 e. The number of ether oxygens (including phenoxy) is 1. The molecule has 0 bridgehead atoms. The van der Waals surface area contributed by atoms with E-state index in [9.17, 15) is 0 Å². The molecule has 0 fully saturated rings. The molecule has 0 saturated carbocycles. The van der Waals surface area contributed by atoms with Crippen molar-refractivity contribution in [2.45, 2.75) is 13.1 Å². The number of rotatable bonds is 5. The Morgan fingerprint density at radius 3 is 2.78 bits per heavy atom. The van der Waals surface area contributed by atoms with Crippen molar-refractivity contribution in [1.29, 1.82) is 0 Å². The largest absolute Gasteiger partial charge is 0.497 e. The van der Waals surface area contributed by atoms with Crippen molar-refractivity contribution < 1.29 is 4.74 Å². The molecule has 1 N–H and O–H groups in total. The Balaban J connectivity index is 1.88. The molecular weight excluding hydrogens is 292 g/mol. The average Bonchev–Trinajstić information content (AvgIpc) is 2.39. The van der Waals surface area contributed by atoms with Gasteiger partial charge in [-0.1, -0.05) is 18.2 Å². The smallest absolute Gasteiger partial charge is 0.119 e. The van der Waals surface area contributed by atoms with E-state index in [0.717, 1.165) is 29.1 Å². The highest BCUT2D eigenvalue weighted by Crippen LogP contribution is 2.12. The highest BCUT2D eigenvalue weighted by atomic mass is 79.9. The van der Waals surface area contributed by atoms with Crippen molar-refractivity contribution in [3.05, 3.63) is 58.3 Å². The van der Waals surface area contributed by atoms with Gasteiger partial charge in [-0.2, -0.15) is 0 Å². The van der Waals surface area contributed by atoms with Gasteiger partial charge in [0, 0.05) is 13.1 Å². The van der Waals surface area contributed by atoms with Gasteiger partial charge < -0.3 is 10.1 Å². The predicted molar refractivity (Wildman–Crippen MR) is 75.5 cm³/mol. The van der Waals surface area contributed by atoms with Crippen molar-refractivity contribution in [2.75, 3.05) is 7.11 Å². The molecule has 3 nitrogen and oxygen atoms in total. The van der Waals surface area contributed by atoms with Crippen LogP contribution in [0, 0.1) is 0 Å². The van der Waals surface area contributed by atoms with Gasteiger partial charge >= 0.3 is 0 Å². The summed E-state index contributed by atoms with van der Waals surface area (Å²) in [6, 6.07) is 14.0. The zero-order chi connectivity index (χ0) is 12.8. The lowest BCUT2D eigenvalue weighted by molar-refractivity contribution is 0.414. The Labute approximate surface area is 115 Å². The fourth-order valence-electron chi connectivity index (χ4n) is 1.67. The lowest BCUT2D eigenvalue weighted by Crippen LogP contribution is -2.13. The van der Waals surface area contributed by atoms with Gasteiger partial charge in [-0.25, -0.2) is 4.98 Å². The van der Waals surface area contributed by atoms with Crippen molar-refractivity contribution in [2.24, 2.45) is 0 Å². The topological polar surface area (TPSA) is 34.1 Å². The third-order valence-electron chi connectivity index (χ3n) is 2.54. The summed E-state index contributed by atoms with van der Waals surface area (Å²) in [5.41, 5.74) is 2.22. The zero-order valence-electron chi connectivity index (χ0n) is 10.2. The summed E-state index contributed by atoms with van der Waals surface area (Å²) in [6.45, 7) is 1.54. The average molecular weight is 307 g/mol. The fourth-order valence-corrected chi connectivity index (χ4v) is 2.05. The molecule has 0 saturated heterocycles. The molecule has 0 aliphatic heterocycles. The molecule has 1 aromatic heterocycles. The van der Waals surface area contributed by atoms with Crippen molar-refractivity contribution in [3.8, 4) is 5.75 Å². The zero-order valence-corrected chi connectivity index (χ0v) is 11.8. The summed E-state index contributed by atoms with van der Waals surface area (Å²) in [6.07, 6.45) is 0. The number of methoxy groups -OCH3 is 1. The Bertz CT molecular complexity index is 517. The first-order chi connectivity index (χ1) is 8.78. The second kappa shape index (κ2) is 6.52. The van der Waals surface area contributed by atoms with E-state index in [0.29, 0.717) is 0 Å². The summed E-state index contributed by atoms with van der Waals surface area (Å²) in [5, 5.41) is 3.36.